The number of sulfonamides is 1. The lowest BCUT2D eigenvalue weighted by Crippen LogP contribution is -2.42. The molecule has 1 aliphatic heterocycles. The van der Waals surface area contributed by atoms with Gasteiger partial charge in [-0.3, -0.25) is 9.36 Å². The molecule has 2 atom stereocenters. The number of benzene rings is 1. The van der Waals surface area contributed by atoms with E-state index in [1.165, 1.54) is 18.4 Å². The maximum Gasteiger partial charge on any atom is 0.330 e. The minimum Gasteiger partial charge on any atom is -0.326 e. The quantitative estimate of drug-likeness (QED) is 0.755. The van der Waals surface area contributed by atoms with Crippen molar-refractivity contribution in [1.29, 1.82) is 0 Å². The molecule has 1 aliphatic rings. The first-order chi connectivity index (χ1) is 11.7. The molecule has 1 saturated heterocycles. The smallest absolute Gasteiger partial charge is 0.326 e. The maximum absolute atomic E-state index is 12.9. The Bertz CT molecular complexity index is 1020. The lowest BCUT2D eigenvalue weighted by Gasteiger charge is -2.17. The molecule has 1 aromatic carbocycles. The molecule has 1 fully saturated rings. The van der Waals surface area contributed by atoms with Gasteiger partial charge in [0.1, 0.15) is 0 Å². The lowest BCUT2D eigenvalue weighted by atomic mass is 9.95. The summed E-state index contributed by atoms with van der Waals surface area (Å²) in [6, 6.07) is 9.09. The Morgan fingerprint density at radius 2 is 1.69 bits per heavy atom. The Kier molecular flexibility index (Phi) is 5.76. The van der Waals surface area contributed by atoms with E-state index in [2.05, 4.69) is 0 Å². The summed E-state index contributed by atoms with van der Waals surface area (Å²) in [6.07, 6.45) is 1.07. The van der Waals surface area contributed by atoms with Gasteiger partial charge in [0, 0.05) is 45.3 Å². The Morgan fingerprint density at radius 1 is 1.08 bits per heavy atom. The van der Waals surface area contributed by atoms with Crippen LogP contribution in [-0.4, -0.2) is 41.0 Å². The zero-order valence-corrected chi connectivity index (χ0v) is 16.0. The molecule has 0 saturated carbocycles. The zero-order chi connectivity index (χ0) is 18.4. The van der Waals surface area contributed by atoms with Crippen LogP contribution in [0.2, 0.25) is 0 Å². The lowest BCUT2D eigenvalue weighted by molar-refractivity contribution is 0.466. The van der Waals surface area contributed by atoms with Gasteiger partial charge in [0.2, 0.25) is 10.0 Å². The molecule has 0 bridgehead atoms. The zero-order valence-electron chi connectivity index (χ0n) is 14.4. The molecular weight excluding hydrogens is 380 g/mol. The van der Waals surface area contributed by atoms with E-state index in [0.29, 0.717) is 0 Å². The van der Waals surface area contributed by atoms with Crippen molar-refractivity contribution >= 4 is 22.4 Å². The second-order valence-corrected chi connectivity index (χ2v) is 8.16. The Hall–Kier alpha value is -1.94. The topological polar surface area (TPSA) is 107 Å². The van der Waals surface area contributed by atoms with Crippen molar-refractivity contribution in [2.75, 3.05) is 13.1 Å². The van der Waals surface area contributed by atoms with Gasteiger partial charge < -0.3 is 10.3 Å². The van der Waals surface area contributed by atoms with E-state index in [-0.39, 0.29) is 37.5 Å². The molecule has 3 rings (SSSR count). The third-order valence-corrected chi connectivity index (χ3v) is 6.41. The highest BCUT2D eigenvalue weighted by Gasteiger charge is 2.39. The van der Waals surface area contributed by atoms with Crippen LogP contribution in [-0.2, 0) is 24.1 Å². The van der Waals surface area contributed by atoms with Gasteiger partial charge in [-0.05, 0) is 5.56 Å². The minimum atomic E-state index is -4.04. The number of aromatic nitrogens is 2. The van der Waals surface area contributed by atoms with Gasteiger partial charge in [-0.25, -0.2) is 13.2 Å². The van der Waals surface area contributed by atoms with Gasteiger partial charge in [-0.15, -0.1) is 12.4 Å². The van der Waals surface area contributed by atoms with Gasteiger partial charge in [0.15, 0.2) is 4.90 Å². The summed E-state index contributed by atoms with van der Waals surface area (Å²) in [4.78, 5) is 23.6. The number of hydrogen-bond donors (Lipinski definition) is 1. The van der Waals surface area contributed by atoms with E-state index < -0.39 is 26.2 Å². The fraction of sp³-hybridized carbons (Fsp3) is 0.375. The van der Waals surface area contributed by atoms with Gasteiger partial charge in [0.25, 0.3) is 5.56 Å². The van der Waals surface area contributed by atoms with Crippen molar-refractivity contribution in [3.63, 3.8) is 0 Å². The van der Waals surface area contributed by atoms with Crippen molar-refractivity contribution in [2.24, 2.45) is 19.8 Å². The molecule has 0 unspecified atom stereocenters. The average Bonchev–Trinajstić information content (AvgIpc) is 2.99. The van der Waals surface area contributed by atoms with Crippen LogP contribution < -0.4 is 17.0 Å². The summed E-state index contributed by atoms with van der Waals surface area (Å²) in [5.74, 6) is -0.146. The summed E-state index contributed by atoms with van der Waals surface area (Å²) in [5, 5.41) is 0. The number of hydrogen-bond acceptors (Lipinski definition) is 5. The van der Waals surface area contributed by atoms with E-state index in [9.17, 15) is 18.0 Å². The first-order valence-corrected chi connectivity index (χ1v) is 9.25. The summed E-state index contributed by atoms with van der Waals surface area (Å²) >= 11 is 0. The van der Waals surface area contributed by atoms with E-state index in [0.717, 1.165) is 20.9 Å². The predicted molar refractivity (Wildman–Crippen MR) is 100 cm³/mol. The van der Waals surface area contributed by atoms with Crippen LogP contribution in [0.3, 0.4) is 0 Å². The minimum absolute atomic E-state index is 0. The van der Waals surface area contributed by atoms with E-state index >= 15 is 0 Å². The number of nitrogens with two attached hydrogens (primary N) is 1. The van der Waals surface area contributed by atoms with Crippen molar-refractivity contribution in [3.05, 3.63) is 62.9 Å². The normalized spacial score (nSPS) is 20.7. The van der Waals surface area contributed by atoms with Gasteiger partial charge in [-0.1, -0.05) is 30.3 Å². The SMILES string of the molecule is Cl.Cn1cc(S(=O)(=O)N2C[C@@H](N)[C@H](c3ccccc3)C2)c(=O)n(C)c1=O. The molecule has 10 heteroatoms. The van der Waals surface area contributed by atoms with Crippen molar-refractivity contribution in [2.45, 2.75) is 16.9 Å². The van der Waals surface area contributed by atoms with Crippen LogP contribution in [0.4, 0.5) is 0 Å². The molecular formula is C16H21ClN4O4S. The standard InChI is InChI=1S/C16H20N4O4S.ClH/c1-18-10-14(15(21)19(2)16(18)22)25(23,24)20-8-12(13(17)9-20)11-6-4-3-5-7-11;/h3-7,10,12-13H,8-9,17H2,1-2H3;1H/t12-,13+;/m0./s1. The van der Waals surface area contributed by atoms with E-state index in [1.807, 2.05) is 30.3 Å². The molecule has 0 radical (unpaired) electrons. The predicted octanol–water partition coefficient (Wildman–Crippen LogP) is -0.379. The highest BCUT2D eigenvalue weighted by molar-refractivity contribution is 7.89. The third-order valence-electron chi connectivity index (χ3n) is 4.59. The van der Waals surface area contributed by atoms with Crippen molar-refractivity contribution in [1.82, 2.24) is 13.4 Å². The molecule has 0 spiro atoms. The second-order valence-electron chi connectivity index (χ2n) is 6.25. The monoisotopic (exact) mass is 400 g/mol. The molecule has 0 aliphatic carbocycles. The van der Waals surface area contributed by atoms with Crippen LogP contribution in [0, 0.1) is 0 Å². The summed E-state index contributed by atoms with van der Waals surface area (Å²) in [7, 11) is -1.38. The first kappa shape index (κ1) is 20.4. The number of aryl methyl sites for hydroxylation is 1. The van der Waals surface area contributed by atoms with Crippen molar-refractivity contribution < 1.29 is 8.42 Å². The Labute approximate surface area is 157 Å². The summed E-state index contributed by atoms with van der Waals surface area (Å²) in [5.41, 5.74) is 5.70. The molecule has 8 nitrogen and oxygen atoms in total. The second kappa shape index (κ2) is 7.36. The Morgan fingerprint density at radius 3 is 2.31 bits per heavy atom. The summed E-state index contributed by atoms with van der Waals surface area (Å²) < 4.78 is 29.0. The van der Waals surface area contributed by atoms with Gasteiger partial charge in [-0.2, -0.15) is 4.31 Å². The highest BCUT2D eigenvalue weighted by atomic mass is 35.5. The summed E-state index contributed by atoms with van der Waals surface area (Å²) in [6.45, 7) is 0.313. The maximum atomic E-state index is 12.9. The van der Waals surface area contributed by atoms with Crippen LogP contribution in [0.15, 0.2) is 51.0 Å². The molecule has 2 aromatic rings. The van der Waals surface area contributed by atoms with Crippen LogP contribution >= 0.6 is 12.4 Å². The number of nitrogens with zero attached hydrogens (tertiary/aromatic N) is 3. The molecule has 0 amide bonds. The fourth-order valence-corrected chi connectivity index (χ4v) is 4.78. The van der Waals surface area contributed by atoms with Gasteiger partial charge >= 0.3 is 5.69 Å². The largest absolute Gasteiger partial charge is 0.330 e. The fourth-order valence-electron chi connectivity index (χ4n) is 3.13. The highest BCUT2D eigenvalue weighted by Crippen LogP contribution is 2.29. The molecule has 26 heavy (non-hydrogen) atoms. The van der Waals surface area contributed by atoms with Crippen LogP contribution in [0.5, 0.6) is 0 Å². The van der Waals surface area contributed by atoms with Crippen LogP contribution in [0.25, 0.3) is 0 Å². The Balaban J connectivity index is 0.00000243. The molecule has 2 N–H and O–H groups in total. The van der Waals surface area contributed by atoms with Crippen LogP contribution in [0.1, 0.15) is 11.5 Å². The number of rotatable bonds is 3. The van der Waals surface area contributed by atoms with Gasteiger partial charge in [0.05, 0.1) is 0 Å². The number of halogens is 1. The van der Waals surface area contributed by atoms with E-state index in [4.69, 9.17) is 5.73 Å². The van der Waals surface area contributed by atoms with Crippen molar-refractivity contribution in [3.8, 4) is 0 Å². The molecule has 142 valence electrons. The average molecular weight is 401 g/mol. The molecule has 1 aromatic heterocycles. The first-order valence-electron chi connectivity index (χ1n) is 7.81. The third kappa shape index (κ3) is 3.35. The van der Waals surface area contributed by atoms with E-state index in [1.54, 1.807) is 0 Å². The molecule has 2 heterocycles.